The second-order valence-corrected chi connectivity index (χ2v) is 4.69. The molecular weight excluding hydrogens is 278 g/mol. The summed E-state index contributed by atoms with van der Waals surface area (Å²) < 4.78 is 6.82. The Morgan fingerprint density at radius 1 is 1.52 bits per heavy atom. The molecule has 0 aromatic carbocycles. The Hall–Kier alpha value is -2.00. The second kappa shape index (κ2) is 7.14. The molecule has 1 aliphatic heterocycles. The van der Waals surface area contributed by atoms with Gasteiger partial charge in [0.2, 0.25) is 5.91 Å². The minimum Gasteiger partial charge on any atom is -0.476 e. The first-order valence-electron chi connectivity index (χ1n) is 6.84. The molecule has 2 rings (SSSR count). The van der Waals surface area contributed by atoms with Gasteiger partial charge in [0.05, 0.1) is 26.0 Å². The molecule has 0 saturated carbocycles. The van der Waals surface area contributed by atoms with Crippen LogP contribution in [0.15, 0.2) is 6.20 Å². The number of ether oxygens (including phenoxy) is 1. The van der Waals surface area contributed by atoms with Crippen molar-refractivity contribution >= 4 is 11.9 Å². The van der Waals surface area contributed by atoms with E-state index in [2.05, 4.69) is 15.6 Å². The summed E-state index contributed by atoms with van der Waals surface area (Å²) in [7, 11) is 0. The fourth-order valence-electron chi connectivity index (χ4n) is 2.18. The number of rotatable bonds is 6. The number of carbonyl (C=O) groups is 2. The number of carbonyl (C=O) groups excluding carboxylic acids is 1. The lowest BCUT2D eigenvalue weighted by Gasteiger charge is -2.34. The zero-order valence-electron chi connectivity index (χ0n) is 11.9. The summed E-state index contributed by atoms with van der Waals surface area (Å²) >= 11 is 0. The highest BCUT2D eigenvalue weighted by molar-refractivity contribution is 5.84. The normalized spacial score (nSPS) is 19.4. The Kier molecular flexibility index (Phi) is 5.23. The molecule has 1 fully saturated rings. The van der Waals surface area contributed by atoms with Crippen LogP contribution in [0.5, 0.6) is 0 Å². The monoisotopic (exact) mass is 297 g/mol. The summed E-state index contributed by atoms with van der Waals surface area (Å²) in [5.41, 5.74) is -0.0859. The third-order valence-electron chi connectivity index (χ3n) is 3.27. The van der Waals surface area contributed by atoms with Gasteiger partial charge in [0.25, 0.3) is 0 Å². The first kappa shape index (κ1) is 15.4. The summed E-state index contributed by atoms with van der Waals surface area (Å²) in [6.45, 7) is 5.09. The molecule has 1 unspecified atom stereocenters. The number of aromatic carboxylic acids is 1. The van der Waals surface area contributed by atoms with Crippen LogP contribution >= 0.6 is 0 Å². The molecule has 1 aromatic heterocycles. The highest BCUT2D eigenvalue weighted by Gasteiger charge is 2.28. The predicted octanol–water partition coefficient (Wildman–Crippen LogP) is -1.19. The number of nitrogens with one attached hydrogen (secondary N) is 1. The van der Waals surface area contributed by atoms with Crippen molar-refractivity contribution < 1.29 is 19.4 Å². The Balaban J connectivity index is 1.92. The van der Waals surface area contributed by atoms with Crippen LogP contribution in [-0.2, 0) is 16.1 Å². The molecule has 0 spiro atoms. The lowest BCUT2D eigenvalue weighted by molar-refractivity contribution is -0.132. The number of hydrogen-bond acceptors (Lipinski definition) is 6. The standard InChI is InChI=1S/C12H19N5O4/c1-2-13-11(18)10-8-21-6-5-16(10)3-4-17-7-9(12(19)20)14-15-17/h7,10H,2-6,8H2,1H3,(H,13,18)(H,19,20). The minimum atomic E-state index is -1.10. The van der Waals surface area contributed by atoms with E-state index < -0.39 is 5.97 Å². The Bertz CT molecular complexity index is 504. The molecular formula is C12H19N5O4. The van der Waals surface area contributed by atoms with Crippen molar-refractivity contribution in [2.75, 3.05) is 32.8 Å². The number of aromatic nitrogens is 3. The molecule has 9 nitrogen and oxygen atoms in total. The number of carboxylic acids is 1. The van der Waals surface area contributed by atoms with Gasteiger partial charge in [-0.25, -0.2) is 4.79 Å². The number of amides is 1. The van der Waals surface area contributed by atoms with Gasteiger partial charge in [-0.3, -0.25) is 14.4 Å². The average molecular weight is 297 g/mol. The van der Waals surface area contributed by atoms with Crippen molar-refractivity contribution in [2.45, 2.75) is 19.5 Å². The summed E-state index contributed by atoms with van der Waals surface area (Å²) in [5, 5.41) is 18.9. The molecule has 0 radical (unpaired) electrons. The highest BCUT2D eigenvalue weighted by atomic mass is 16.5. The van der Waals surface area contributed by atoms with E-state index in [9.17, 15) is 9.59 Å². The van der Waals surface area contributed by atoms with Crippen LogP contribution in [0.3, 0.4) is 0 Å². The van der Waals surface area contributed by atoms with E-state index >= 15 is 0 Å². The van der Waals surface area contributed by atoms with Crippen LogP contribution < -0.4 is 5.32 Å². The van der Waals surface area contributed by atoms with Gasteiger partial charge in [0.15, 0.2) is 5.69 Å². The van der Waals surface area contributed by atoms with Crippen molar-refractivity contribution in [3.05, 3.63) is 11.9 Å². The summed E-state index contributed by atoms with van der Waals surface area (Å²) in [6, 6.07) is -0.318. The summed E-state index contributed by atoms with van der Waals surface area (Å²) in [6.07, 6.45) is 1.38. The molecule has 0 bridgehead atoms. The molecule has 1 atom stereocenters. The molecule has 1 amide bonds. The topological polar surface area (TPSA) is 110 Å². The molecule has 2 N–H and O–H groups in total. The SMILES string of the molecule is CCNC(=O)C1COCCN1CCn1cc(C(=O)O)nn1. The fraction of sp³-hybridized carbons (Fsp3) is 0.667. The van der Waals surface area contributed by atoms with Gasteiger partial charge in [0.1, 0.15) is 6.04 Å². The van der Waals surface area contributed by atoms with E-state index in [1.54, 1.807) is 0 Å². The number of morpholine rings is 1. The largest absolute Gasteiger partial charge is 0.476 e. The Labute approximate surface area is 121 Å². The number of carboxylic acid groups (broad SMARTS) is 1. The van der Waals surface area contributed by atoms with Crippen molar-refractivity contribution in [2.24, 2.45) is 0 Å². The van der Waals surface area contributed by atoms with Gasteiger partial charge in [-0.1, -0.05) is 5.21 Å². The maximum atomic E-state index is 12.0. The Morgan fingerprint density at radius 3 is 3.00 bits per heavy atom. The lowest BCUT2D eigenvalue weighted by atomic mass is 10.2. The van der Waals surface area contributed by atoms with E-state index in [-0.39, 0.29) is 17.6 Å². The van der Waals surface area contributed by atoms with Crippen LogP contribution in [0.2, 0.25) is 0 Å². The van der Waals surface area contributed by atoms with Crippen molar-refractivity contribution in [1.29, 1.82) is 0 Å². The average Bonchev–Trinajstić information content (AvgIpc) is 2.95. The molecule has 0 aliphatic carbocycles. The van der Waals surface area contributed by atoms with Crippen LogP contribution in [0.25, 0.3) is 0 Å². The zero-order valence-corrected chi connectivity index (χ0v) is 11.9. The van der Waals surface area contributed by atoms with Gasteiger partial charge in [0, 0.05) is 19.6 Å². The first-order chi connectivity index (χ1) is 10.1. The van der Waals surface area contributed by atoms with Crippen LogP contribution in [0.1, 0.15) is 17.4 Å². The van der Waals surface area contributed by atoms with Gasteiger partial charge in [-0.05, 0) is 6.92 Å². The number of nitrogens with zero attached hydrogens (tertiary/aromatic N) is 4. The van der Waals surface area contributed by atoms with E-state index in [1.807, 2.05) is 11.8 Å². The predicted molar refractivity (Wildman–Crippen MR) is 71.8 cm³/mol. The molecule has 9 heteroatoms. The third-order valence-corrected chi connectivity index (χ3v) is 3.27. The quantitative estimate of drug-likeness (QED) is 0.679. The molecule has 116 valence electrons. The second-order valence-electron chi connectivity index (χ2n) is 4.69. The van der Waals surface area contributed by atoms with E-state index in [0.717, 1.165) is 0 Å². The number of likely N-dealkylation sites (N-methyl/N-ethyl adjacent to an activating group) is 1. The van der Waals surface area contributed by atoms with Crippen LogP contribution in [-0.4, -0.2) is 75.8 Å². The van der Waals surface area contributed by atoms with E-state index in [0.29, 0.717) is 39.4 Å². The Morgan fingerprint density at radius 2 is 2.33 bits per heavy atom. The molecule has 2 heterocycles. The first-order valence-corrected chi connectivity index (χ1v) is 6.84. The zero-order chi connectivity index (χ0) is 15.2. The molecule has 1 saturated heterocycles. The lowest BCUT2D eigenvalue weighted by Crippen LogP contribution is -2.54. The maximum Gasteiger partial charge on any atom is 0.358 e. The van der Waals surface area contributed by atoms with Crippen molar-refractivity contribution in [3.8, 4) is 0 Å². The van der Waals surface area contributed by atoms with Crippen molar-refractivity contribution in [1.82, 2.24) is 25.2 Å². The smallest absolute Gasteiger partial charge is 0.358 e. The number of hydrogen-bond donors (Lipinski definition) is 2. The van der Waals surface area contributed by atoms with Gasteiger partial charge in [-0.2, -0.15) is 0 Å². The third kappa shape index (κ3) is 3.99. The molecule has 21 heavy (non-hydrogen) atoms. The minimum absolute atomic E-state index is 0.0537. The molecule has 1 aromatic rings. The molecule has 1 aliphatic rings. The van der Waals surface area contributed by atoms with Crippen LogP contribution in [0.4, 0.5) is 0 Å². The summed E-state index contributed by atoms with van der Waals surface area (Å²) in [4.78, 5) is 24.7. The van der Waals surface area contributed by atoms with Gasteiger partial charge >= 0.3 is 5.97 Å². The van der Waals surface area contributed by atoms with Crippen LogP contribution in [0, 0.1) is 0 Å². The van der Waals surface area contributed by atoms with Gasteiger partial charge < -0.3 is 15.2 Å². The van der Waals surface area contributed by atoms with E-state index in [4.69, 9.17) is 9.84 Å². The van der Waals surface area contributed by atoms with E-state index in [1.165, 1.54) is 10.9 Å². The fourth-order valence-corrected chi connectivity index (χ4v) is 2.18. The highest BCUT2D eigenvalue weighted by Crippen LogP contribution is 2.07. The maximum absolute atomic E-state index is 12.0. The summed E-state index contributed by atoms with van der Waals surface area (Å²) in [5.74, 6) is -1.16. The van der Waals surface area contributed by atoms with Crippen molar-refractivity contribution in [3.63, 3.8) is 0 Å². The van der Waals surface area contributed by atoms with Gasteiger partial charge in [-0.15, -0.1) is 5.10 Å².